The van der Waals surface area contributed by atoms with E-state index in [0.717, 1.165) is 12.8 Å². The van der Waals surface area contributed by atoms with Gasteiger partial charge in [-0.3, -0.25) is 0 Å². The van der Waals surface area contributed by atoms with Crippen molar-refractivity contribution in [2.45, 2.75) is 51.0 Å². The SMILES string of the molecule is CC1(O)CCCCCC1. The van der Waals surface area contributed by atoms with E-state index < -0.39 is 0 Å². The summed E-state index contributed by atoms with van der Waals surface area (Å²) in [6, 6.07) is 0. The zero-order chi connectivity index (χ0) is 6.74. The molecule has 0 saturated heterocycles. The predicted octanol–water partition coefficient (Wildman–Crippen LogP) is 2.09. The highest BCUT2D eigenvalue weighted by Gasteiger charge is 2.20. The highest BCUT2D eigenvalue weighted by atomic mass is 16.3. The Balaban J connectivity index is 2.36. The average Bonchev–Trinajstić information content (AvgIpc) is 1.92. The molecular formula is C8H16O. The summed E-state index contributed by atoms with van der Waals surface area (Å²) < 4.78 is 0. The maximum Gasteiger partial charge on any atom is 0.0619 e. The first-order valence-corrected chi connectivity index (χ1v) is 3.93. The van der Waals surface area contributed by atoms with Crippen LogP contribution in [-0.2, 0) is 0 Å². The van der Waals surface area contributed by atoms with Gasteiger partial charge in [0.15, 0.2) is 0 Å². The largest absolute Gasteiger partial charge is 0.390 e. The van der Waals surface area contributed by atoms with Gasteiger partial charge in [0, 0.05) is 0 Å². The minimum absolute atomic E-state index is 0.337. The zero-order valence-electron chi connectivity index (χ0n) is 6.19. The summed E-state index contributed by atoms with van der Waals surface area (Å²) in [4.78, 5) is 0. The third-order valence-electron chi connectivity index (χ3n) is 2.18. The molecule has 0 bridgehead atoms. The van der Waals surface area contributed by atoms with Gasteiger partial charge in [-0.05, 0) is 19.8 Å². The second-order valence-corrected chi connectivity index (χ2v) is 3.41. The van der Waals surface area contributed by atoms with E-state index >= 15 is 0 Å². The number of hydrogen-bond acceptors (Lipinski definition) is 1. The Morgan fingerprint density at radius 2 is 1.44 bits per heavy atom. The van der Waals surface area contributed by atoms with Crippen LogP contribution in [0.15, 0.2) is 0 Å². The highest BCUT2D eigenvalue weighted by molar-refractivity contribution is 4.74. The summed E-state index contributed by atoms with van der Waals surface area (Å²) in [6.07, 6.45) is 7.08. The standard InChI is InChI=1S/C8H16O/c1-8(9)6-4-2-3-5-7-8/h9H,2-7H2,1H3. The molecule has 0 amide bonds. The van der Waals surface area contributed by atoms with Crippen molar-refractivity contribution in [3.63, 3.8) is 0 Å². The van der Waals surface area contributed by atoms with Crippen molar-refractivity contribution in [1.82, 2.24) is 0 Å². The number of hydrogen-bond donors (Lipinski definition) is 1. The molecule has 1 saturated carbocycles. The number of aliphatic hydroxyl groups is 1. The topological polar surface area (TPSA) is 20.2 Å². The first-order valence-electron chi connectivity index (χ1n) is 3.93. The lowest BCUT2D eigenvalue weighted by Gasteiger charge is -2.19. The van der Waals surface area contributed by atoms with Crippen molar-refractivity contribution < 1.29 is 5.11 Å². The molecule has 0 spiro atoms. The summed E-state index contributed by atoms with van der Waals surface area (Å²) >= 11 is 0. The molecule has 0 aromatic carbocycles. The summed E-state index contributed by atoms with van der Waals surface area (Å²) in [7, 11) is 0. The molecule has 1 rings (SSSR count). The Morgan fingerprint density at radius 1 is 1.00 bits per heavy atom. The van der Waals surface area contributed by atoms with Crippen molar-refractivity contribution in [3.05, 3.63) is 0 Å². The third kappa shape index (κ3) is 2.35. The molecule has 1 aliphatic carbocycles. The van der Waals surface area contributed by atoms with E-state index in [0.29, 0.717) is 0 Å². The molecule has 1 fully saturated rings. The maximum atomic E-state index is 9.55. The van der Waals surface area contributed by atoms with Gasteiger partial charge < -0.3 is 5.11 Å². The molecule has 1 heteroatoms. The molecule has 0 radical (unpaired) electrons. The first-order chi connectivity index (χ1) is 4.21. The van der Waals surface area contributed by atoms with Gasteiger partial charge >= 0.3 is 0 Å². The molecule has 9 heavy (non-hydrogen) atoms. The third-order valence-corrected chi connectivity index (χ3v) is 2.18. The van der Waals surface area contributed by atoms with Gasteiger partial charge in [0.25, 0.3) is 0 Å². The Labute approximate surface area is 57.1 Å². The normalized spacial score (nSPS) is 27.3. The van der Waals surface area contributed by atoms with Crippen molar-refractivity contribution in [2.24, 2.45) is 0 Å². The molecule has 54 valence electrons. The quantitative estimate of drug-likeness (QED) is 0.495. The first kappa shape index (κ1) is 7.07. The van der Waals surface area contributed by atoms with Crippen molar-refractivity contribution in [1.29, 1.82) is 0 Å². The molecule has 0 aromatic rings. The summed E-state index contributed by atoms with van der Waals surface area (Å²) in [5.74, 6) is 0. The molecular weight excluding hydrogens is 112 g/mol. The molecule has 1 nitrogen and oxygen atoms in total. The van der Waals surface area contributed by atoms with Gasteiger partial charge in [0.2, 0.25) is 0 Å². The lowest BCUT2D eigenvalue weighted by atomic mass is 9.98. The smallest absolute Gasteiger partial charge is 0.0619 e. The average molecular weight is 128 g/mol. The molecule has 1 aliphatic rings. The summed E-state index contributed by atoms with van der Waals surface area (Å²) in [5, 5.41) is 9.55. The van der Waals surface area contributed by atoms with Crippen LogP contribution in [0.4, 0.5) is 0 Å². The minimum atomic E-state index is -0.337. The molecule has 0 atom stereocenters. The lowest BCUT2D eigenvalue weighted by Crippen LogP contribution is -2.21. The van der Waals surface area contributed by atoms with E-state index in [1.165, 1.54) is 25.7 Å². The van der Waals surface area contributed by atoms with Gasteiger partial charge in [-0.15, -0.1) is 0 Å². The van der Waals surface area contributed by atoms with Crippen LogP contribution in [0.25, 0.3) is 0 Å². The second kappa shape index (κ2) is 2.70. The maximum absolute atomic E-state index is 9.55. The van der Waals surface area contributed by atoms with Crippen molar-refractivity contribution in [3.8, 4) is 0 Å². The van der Waals surface area contributed by atoms with E-state index in [-0.39, 0.29) is 5.60 Å². The lowest BCUT2D eigenvalue weighted by molar-refractivity contribution is 0.0444. The number of rotatable bonds is 0. The molecule has 0 unspecified atom stereocenters. The minimum Gasteiger partial charge on any atom is -0.390 e. The van der Waals surface area contributed by atoms with Crippen LogP contribution in [0.3, 0.4) is 0 Å². The van der Waals surface area contributed by atoms with Crippen LogP contribution in [0, 0.1) is 0 Å². The van der Waals surface area contributed by atoms with Crippen molar-refractivity contribution in [2.75, 3.05) is 0 Å². The molecule has 1 N–H and O–H groups in total. The monoisotopic (exact) mass is 128 g/mol. The van der Waals surface area contributed by atoms with Gasteiger partial charge in [0.05, 0.1) is 5.60 Å². The van der Waals surface area contributed by atoms with Crippen LogP contribution < -0.4 is 0 Å². The van der Waals surface area contributed by atoms with E-state index in [1.54, 1.807) is 0 Å². The fourth-order valence-corrected chi connectivity index (χ4v) is 1.49. The Morgan fingerprint density at radius 3 is 1.89 bits per heavy atom. The van der Waals surface area contributed by atoms with Crippen LogP contribution in [0.1, 0.15) is 45.4 Å². The Bertz CT molecular complexity index is 76.6. The van der Waals surface area contributed by atoms with Gasteiger partial charge in [0.1, 0.15) is 0 Å². The molecule has 0 aromatic heterocycles. The zero-order valence-corrected chi connectivity index (χ0v) is 6.19. The highest BCUT2D eigenvalue weighted by Crippen LogP contribution is 2.25. The molecule has 0 aliphatic heterocycles. The summed E-state index contributed by atoms with van der Waals surface area (Å²) in [5.41, 5.74) is -0.337. The molecule has 0 heterocycles. The Hall–Kier alpha value is -0.0400. The van der Waals surface area contributed by atoms with Crippen LogP contribution in [0.2, 0.25) is 0 Å². The van der Waals surface area contributed by atoms with E-state index in [1.807, 2.05) is 6.92 Å². The van der Waals surface area contributed by atoms with E-state index in [2.05, 4.69) is 0 Å². The van der Waals surface area contributed by atoms with Gasteiger partial charge in [-0.2, -0.15) is 0 Å². The van der Waals surface area contributed by atoms with Crippen LogP contribution in [0.5, 0.6) is 0 Å². The fourth-order valence-electron chi connectivity index (χ4n) is 1.49. The fraction of sp³-hybridized carbons (Fsp3) is 1.00. The summed E-state index contributed by atoms with van der Waals surface area (Å²) in [6.45, 7) is 1.96. The van der Waals surface area contributed by atoms with Crippen LogP contribution in [-0.4, -0.2) is 10.7 Å². The predicted molar refractivity (Wildman–Crippen MR) is 38.3 cm³/mol. The van der Waals surface area contributed by atoms with Crippen LogP contribution >= 0.6 is 0 Å². The van der Waals surface area contributed by atoms with Gasteiger partial charge in [-0.1, -0.05) is 25.7 Å². The van der Waals surface area contributed by atoms with E-state index in [9.17, 15) is 5.11 Å². The van der Waals surface area contributed by atoms with E-state index in [4.69, 9.17) is 0 Å². The second-order valence-electron chi connectivity index (χ2n) is 3.41. The van der Waals surface area contributed by atoms with Crippen molar-refractivity contribution >= 4 is 0 Å². The van der Waals surface area contributed by atoms with Gasteiger partial charge in [-0.25, -0.2) is 0 Å². The Kier molecular flexibility index (Phi) is 2.12.